The van der Waals surface area contributed by atoms with E-state index in [0.29, 0.717) is 0 Å². The number of aromatic nitrogens is 1. The molecular formula is C52H31NO. The molecule has 0 aliphatic heterocycles. The van der Waals surface area contributed by atoms with E-state index in [9.17, 15) is 0 Å². The van der Waals surface area contributed by atoms with Gasteiger partial charge in [0.1, 0.15) is 11.2 Å². The molecule has 0 saturated carbocycles. The quantitative estimate of drug-likeness (QED) is 0.184. The second-order valence-electron chi connectivity index (χ2n) is 14.5. The van der Waals surface area contributed by atoms with E-state index in [2.05, 4.69) is 187 Å². The molecule has 12 aromatic rings. The van der Waals surface area contributed by atoms with Crippen LogP contribution < -0.4 is 0 Å². The number of H-pyrrole nitrogens is 1. The maximum atomic E-state index is 6.53. The Morgan fingerprint density at radius 3 is 1.63 bits per heavy atom. The van der Waals surface area contributed by atoms with Gasteiger partial charge in [-0.15, -0.1) is 0 Å². The second-order valence-corrected chi connectivity index (χ2v) is 14.5. The first kappa shape index (κ1) is 29.4. The Balaban J connectivity index is 1.03. The topological polar surface area (TPSA) is 28.9 Å². The largest absolute Gasteiger partial charge is 0.456 e. The fourth-order valence-electron chi connectivity index (χ4n) is 9.07. The lowest BCUT2D eigenvalue weighted by Crippen LogP contribution is -1.91. The molecule has 0 atom stereocenters. The minimum Gasteiger partial charge on any atom is -0.456 e. The van der Waals surface area contributed by atoms with E-state index in [1.54, 1.807) is 0 Å². The van der Waals surface area contributed by atoms with Gasteiger partial charge in [0, 0.05) is 32.6 Å². The molecule has 0 saturated heterocycles. The van der Waals surface area contributed by atoms with Gasteiger partial charge in [0.05, 0.1) is 0 Å². The zero-order chi connectivity index (χ0) is 35.3. The summed E-state index contributed by atoms with van der Waals surface area (Å²) >= 11 is 0. The average Bonchev–Trinajstić information content (AvgIpc) is 3.78. The third-order valence-electron chi connectivity index (χ3n) is 11.5. The van der Waals surface area contributed by atoms with Crippen LogP contribution >= 0.6 is 0 Å². The van der Waals surface area contributed by atoms with E-state index in [0.717, 1.165) is 38.5 Å². The van der Waals surface area contributed by atoms with Crippen LogP contribution in [0.5, 0.6) is 0 Å². The Kier molecular flexibility index (Phi) is 6.09. The van der Waals surface area contributed by atoms with Crippen LogP contribution in [0.2, 0.25) is 0 Å². The van der Waals surface area contributed by atoms with Crippen LogP contribution in [0.3, 0.4) is 0 Å². The molecule has 2 aromatic heterocycles. The summed E-state index contributed by atoms with van der Waals surface area (Å²) in [6.45, 7) is 0. The summed E-state index contributed by atoms with van der Waals surface area (Å²) in [5.41, 5.74) is 11.4. The van der Waals surface area contributed by atoms with Gasteiger partial charge in [-0.25, -0.2) is 0 Å². The summed E-state index contributed by atoms with van der Waals surface area (Å²) < 4.78 is 6.53. The van der Waals surface area contributed by atoms with Crippen molar-refractivity contribution in [1.82, 2.24) is 4.98 Å². The lowest BCUT2D eigenvalue weighted by Gasteiger charge is -2.18. The fourth-order valence-corrected chi connectivity index (χ4v) is 9.07. The summed E-state index contributed by atoms with van der Waals surface area (Å²) in [5, 5.41) is 14.7. The molecule has 12 rings (SSSR count). The van der Waals surface area contributed by atoms with Gasteiger partial charge >= 0.3 is 0 Å². The van der Waals surface area contributed by atoms with E-state index in [4.69, 9.17) is 4.42 Å². The molecule has 0 amide bonds. The van der Waals surface area contributed by atoms with Crippen molar-refractivity contribution in [3.63, 3.8) is 0 Å². The van der Waals surface area contributed by atoms with Crippen LogP contribution in [0.4, 0.5) is 0 Å². The second kappa shape index (κ2) is 11.2. The van der Waals surface area contributed by atoms with Gasteiger partial charge in [-0.3, -0.25) is 0 Å². The van der Waals surface area contributed by atoms with Crippen molar-refractivity contribution >= 4 is 86.8 Å². The van der Waals surface area contributed by atoms with Crippen molar-refractivity contribution in [2.24, 2.45) is 0 Å². The number of hydrogen-bond acceptors (Lipinski definition) is 1. The normalized spacial score (nSPS) is 12.1. The van der Waals surface area contributed by atoms with Crippen molar-refractivity contribution < 1.29 is 4.42 Å². The van der Waals surface area contributed by atoms with E-state index >= 15 is 0 Å². The van der Waals surface area contributed by atoms with Gasteiger partial charge in [0.2, 0.25) is 0 Å². The maximum absolute atomic E-state index is 6.53. The first-order chi connectivity index (χ1) is 26.7. The first-order valence-electron chi connectivity index (χ1n) is 18.6. The first-order valence-corrected chi connectivity index (χ1v) is 18.6. The summed E-state index contributed by atoms with van der Waals surface area (Å²) in [5.74, 6) is 0. The standard InChI is InChI=1S/C52H31NO/c1-2-12-33-26-37(21-20-31(33)10-1)51-41-18-7-5-16-39(41)50(40-17-6-8-19-42(40)51)36-14-9-13-34(27-36)35-23-25-48-43(28-35)44-29-47-45(30-49(44)54-48)52-38-15-4-3-11-32(38)22-24-46(52)53-47/h1-30,53H. The molecule has 2 heteroatoms. The van der Waals surface area contributed by atoms with E-state index in [1.807, 2.05) is 0 Å². The molecular weight excluding hydrogens is 655 g/mol. The van der Waals surface area contributed by atoms with Crippen molar-refractivity contribution in [1.29, 1.82) is 0 Å². The number of nitrogens with one attached hydrogen (secondary N) is 1. The highest BCUT2D eigenvalue weighted by Gasteiger charge is 2.18. The monoisotopic (exact) mass is 685 g/mol. The van der Waals surface area contributed by atoms with Crippen molar-refractivity contribution in [2.75, 3.05) is 0 Å². The molecule has 2 nitrogen and oxygen atoms in total. The number of hydrogen-bond donors (Lipinski definition) is 1. The van der Waals surface area contributed by atoms with E-state index in [1.165, 1.54) is 81.7 Å². The fraction of sp³-hybridized carbons (Fsp3) is 0. The summed E-state index contributed by atoms with van der Waals surface area (Å²) in [6, 6.07) is 66.4. The van der Waals surface area contributed by atoms with E-state index < -0.39 is 0 Å². The summed E-state index contributed by atoms with van der Waals surface area (Å²) in [6.07, 6.45) is 0. The number of rotatable bonds is 3. The number of aromatic amines is 1. The third kappa shape index (κ3) is 4.28. The van der Waals surface area contributed by atoms with Gasteiger partial charge in [-0.05, 0) is 119 Å². The lowest BCUT2D eigenvalue weighted by atomic mass is 9.85. The molecule has 0 spiro atoms. The smallest absolute Gasteiger partial charge is 0.136 e. The molecule has 1 N–H and O–H groups in total. The van der Waals surface area contributed by atoms with Gasteiger partial charge in [-0.1, -0.05) is 140 Å². The molecule has 0 radical (unpaired) electrons. The molecule has 0 fully saturated rings. The lowest BCUT2D eigenvalue weighted by molar-refractivity contribution is 0.669. The molecule has 54 heavy (non-hydrogen) atoms. The molecule has 250 valence electrons. The molecule has 10 aromatic carbocycles. The van der Waals surface area contributed by atoms with Crippen LogP contribution in [-0.2, 0) is 0 Å². The third-order valence-corrected chi connectivity index (χ3v) is 11.5. The summed E-state index contributed by atoms with van der Waals surface area (Å²) in [7, 11) is 0. The Morgan fingerprint density at radius 2 is 0.870 bits per heavy atom. The Hall–Kier alpha value is -7.16. The predicted octanol–water partition coefficient (Wildman–Crippen LogP) is 14.8. The molecule has 0 aliphatic rings. The average molecular weight is 686 g/mol. The minimum absolute atomic E-state index is 0.896. The molecule has 0 aliphatic carbocycles. The van der Waals surface area contributed by atoms with Crippen molar-refractivity contribution in [3.05, 3.63) is 182 Å². The Morgan fingerprint density at radius 1 is 0.296 bits per heavy atom. The van der Waals surface area contributed by atoms with Gasteiger partial charge < -0.3 is 9.40 Å². The van der Waals surface area contributed by atoms with Crippen molar-refractivity contribution in [3.8, 4) is 33.4 Å². The maximum Gasteiger partial charge on any atom is 0.136 e. The van der Waals surface area contributed by atoms with Crippen LogP contribution in [0.25, 0.3) is 120 Å². The van der Waals surface area contributed by atoms with Gasteiger partial charge in [0.25, 0.3) is 0 Å². The van der Waals surface area contributed by atoms with Gasteiger partial charge in [-0.2, -0.15) is 0 Å². The highest BCUT2D eigenvalue weighted by atomic mass is 16.3. The van der Waals surface area contributed by atoms with Crippen LogP contribution in [0.15, 0.2) is 186 Å². The molecule has 0 unspecified atom stereocenters. The molecule has 2 heterocycles. The summed E-state index contributed by atoms with van der Waals surface area (Å²) in [4.78, 5) is 3.70. The highest BCUT2D eigenvalue weighted by molar-refractivity contribution is 6.24. The zero-order valence-corrected chi connectivity index (χ0v) is 29.2. The number of furan rings is 1. The Labute approximate surface area is 310 Å². The van der Waals surface area contributed by atoms with Crippen molar-refractivity contribution in [2.45, 2.75) is 0 Å². The van der Waals surface area contributed by atoms with Crippen LogP contribution in [0, 0.1) is 0 Å². The SMILES string of the molecule is c1cc(-c2ccc3oc4cc5c(cc4c3c2)[nH]c2ccc3ccccc3c25)cc(-c2c3ccccc3c(-c3ccc4ccccc4c3)c3ccccc23)c1. The zero-order valence-electron chi connectivity index (χ0n) is 29.2. The van der Waals surface area contributed by atoms with Crippen LogP contribution in [0.1, 0.15) is 0 Å². The predicted molar refractivity (Wildman–Crippen MR) is 229 cm³/mol. The number of fused-ring (bicyclic) bond motifs is 11. The Bertz CT molecular complexity index is 3450. The molecule has 0 bridgehead atoms. The van der Waals surface area contributed by atoms with Gasteiger partial charge in [0.15, 0.2) is 0 Å². The highest BCUT2D eigenvalue weighted by Crippen LogP contribution is 2.45. The number of benzene rings is 10. The van der Waals surface area contributed by atoms with Crippen LogP contribution in [-0.4, -0.2) is 4.98 Å². The van der Waals surface area contributed by atoms with E-state index in [-0.39, 0.29) is 0 Å². The minimum atomic E-state index is 0.896.